The maximum atomic E-state index is 12.3. The smallest absolute Gasteiger partial charge is 0.410 e. The van der Waals surface area contributed by atoms with E-state index in [0.29, 0.717) is 19.1 Å². The predicted molar refractivity (Wildman–Crippen MR) is 94.8 cm³/mol. The highest BCUT2D eigenvalue weighted by Crippen LogP contribution is 2.28. The Morgan fingerprint density at radius 3 is 2.78 bits per heavy atom. The lowest BCUT2D eigenvalue weighted by Crippen LogP contribution is -2.40. The highest BCUT2D eigenvalue weighted by Gasteiger charge is 2.26. The topological polar surface area (TPSA) is 41.6 Å². The van der Waals surface area contributed by atoms with Crippen molar-refractivity contribution in [3.63, 3.8) is 0 Å². The van der Waals surface area contributed by atoms with Gasteiger partial charge in [-0.3, -0.25) is 0 Å². The zero-order valence-corrected chi connectivity index (χ0v) is 15.1. The minimum Gasteiger partial charge on any atom is -0.444 e. The number of nitrogens with one attached hydrogen (secondary N) is 1. The van der Waals surface area contributed by atoms with Gasteiger partial charge in [0.15, 0.2) is 0 Å². The molecule has 0 saturated carbocycles. The number of benzene rings is 1. The molecular formula is C19H30N2O2. The summed E-state index contributed by atoms with van der Waals surface area (Å²) in [7, 11) is 0. The van der Waals surface area contributed by atoms with E-state index in [1.54, 1.807) is 4.90 Å². The van der Waals surface area contributed by atoms with E-state index in [-0.39, 0.29) is 6.09 Å². The molecule has 1 aromatic carbocycles. The normalized spacial score (nSPS) is 15.8. The first-order chi connectivity index (χ1) is 10.8. The maximum Gasteiger partial charge on any atom is 0.410 e. The van der Waals surface area contributed by atoms with Crippen LogP contribution in [0, 0.1) is 0 Å². The van der Waals surface area contributed by atoms with E-state index in [1.807, 2.05) is 20.8 Å². The van der Waals surface area contributed by atoms with Crippen molar-refractivity contribution in [2.45, 2.75) is 72.1 Å². The minimum absolute atomic E-state index is 0.221. The van der Waals surface area contributed by atoms with Crippen LogP contribution in [0.1, 0.15) is 58.6 Å². The molecule has 1 atom stereocenters. The molecule has 1 amide bonds. The molecule has 1 heterocycles. The Hall–Kier alpha value is -1.71. The second-order valence-electron chi connectivity index (χ2n) is 7.43. The third kappa shape index (κ3) is 4.88. The van der Waals surface area contributed by atoms with E-state index >= 15 is 0 Å². The van der Waals surface area contributed by atoms with Crippen LogP contribution in [-0.2, 0) is 17.7 Å². The molecule has 0 fully saturated rings. The zero-order valence-electron chi connectivity index (χ0n) is 15.1. The molecule has 2 rings (SSSR count). The van der Waals surface area contributed by atoms with Crippen LogP contribution in [0.5, 0.6) is 0 Å². The van der Waals surface area contributed by atoms with Gasteiger partial charge in [0.1, 0.15) is 5.60 Å². The number of fused-ring (bicyclic) bond motifs is 1. The van der Waals surface area contributed by atoms with Crippen LogP contribution in [-0.4, -0.2) is 29.2 Å². The lowest BCUT2D eigenvalue weighted by Gasteiger charge is -2.32. The molecule has 1 aliphatic heterocycles. The van der Waals surface area contributed by atoms with E-state index in [0.717, 1.165) is 12.8 Å². The molecule has 0 aliphatic carbocycles. The van der Waals surface area contributed by atoms with Crippen LogP contribution in [0.25, 0.3) is 0 Å². The van der Waals surface area contributed by atoms with Crippen molar-refractivity contribution in [3.8, 4) is 0 Å². The highest BCUT2D eigenvalue weighted by atomic mass is 16.6. The van der Waals surface area contributed by atoms with Gasteiger partial charge in [0.2, 0.25) is 0 Å². The second kappa shape index (κ2) is 7.24. The first kappa shape index (κ1) is 17.6. The van der Waals surface area contributed by atoms with Crippen molar-refractivity contribution >= 4 is 11.8 Å². The SMILES string of the molecule is CCCC(C)Nc1cccc2c1CCN(C(=O)OC(C)(C)C)C2. The molecule has 4 heteroatoms. The summed E-state index contributed by atoms with van der Waals surface area (Å²) in [5, 5.41) is 3.62. The molecule has 1 unspecified atom stereocenters. The molecule has 128 valence electrons. The molecule has 0 saturated heterocycles. The van der Waals surface area contributed by atoms with E-state index in [9.17, 15) is 4.79 Å². The molecule has 1 aliphatic rings. The molecule has 0 bridgehead atoms. The Balaban J connectivity index is 2.09. The Labute approximate surface area is 140 Å². The number of carbonyl (C=O) groups excluding carboxylic acids is 1. The largest absolute Gasteiger partial charge is 0.444 e. The Morgan fingerprint density at radius 2 is 2.13 bits per heavy atom. The molecule has 0 aromatic heterocycles. The van der Waals surface area contributed by atoms with Gasteiger partial charge in [-0.1, -0.05) is 25.5 Å². The lowest BCUT2D eigenvalue weighted by molar-refractivity contribution is 0.0224. The predicted octanol–water partition coefficient (Wildman–Crippen LogP) is 4.58. The van der Waals surface area contributed by atoms with E-state index < -0.39 is 5.60 Å². The van der Waals surface area contributed by atoms with Crippen LogP contribution in [0.15, 0.2) is 18.2 Å². The van der Waals surface area contributed by atoms with Crippen LogP contribution >= 0.6 is 0 Å². The van der Waals surface area contributed by atoms with Crippen molar-refractivity contribution < 1.29 is 9.53 Å². The highest BCUT2D eigenvalue weighted by molar-refractivity contribution is 5.69. The van der Waals surface area contributed by atoms with Crippen LogP contribution in [0.4, 0.5) is 10.5 Å². The molecule has 0 spiro atoms. The number of carbonyl (C=O) groups is 1. The Bertz CT molecular complexity index is 549. The van der Waals surface area contributed by atoms with Crippen molar-refractivity contribution in [1.29, 1.82) is 0 Å². The summed E-state index contributed by atoms with van der Waals surface area (Å²) in [5.74, 6) is 0. The van der Waals surface area contributed by atoms with Gasteiger partial charge in [-0.2, -0.15) is 0 Å². The Kier molecular flexibility index (Phi) is 5.55. The van der Waals surface area contributed by atoms with Crippen LogP contribution < -0.4 is 5.32 Å². The van der Waals surface area contributed by atoms with Crippen molar-refractivity contribution in [2.75, 3.05) is 11.9 Å². The van der Waals surface area contributed by atoms with Gasteiger partial charge in [0.25, 0.3) is 0 Å². The summed E-state index contributed by atoms with van der Waals surface area (Å²) in [6.45, 7) is 11.5. The van der Waals surface area contributed by atoms with Gasteiger partial charge < -0.3 is 15.0 Å². The van der Waals surface area contributed by atoms with Gasteiger partial charge in [0, 0.05) is 24.8 Å². The third-order valence-corrected chi connectivity index (χ3v) is 4.04. The fourth-order valence-corrected chi connectivity index (χ4v) is 3.00. The van der Waals surface area contributed by atoms with Crippen molar-refractivity contribution in [1.82, 2.24) is 4.90 Å². The first-order valence-electron chi connectivity index (χ1n) is 8.65. The molecule has 1 aromatic rings. The minimum atomic E-state index is -0.448. The van der Waals surface area contributed by atoms with Crippen molar-refractivity contribution in [3.05, 3.63) is 29.3 Å². The van der Waals surface area contributed by atoms with E-state index in [4.69, 9.17) is 4.74 Å². The number of rotatable bonds is 4. The maximum absolute atomic E-state index is 12.3. The fourth-order valence-electron chi connectivity index (χ4n) is 3.00. The number of hydrogen-bond acceptors (Lipinski definition) is 3. The van der Waals surface area contributed by atoms with E-state index in [2.05, 4.69) is 37.4 Å². The van der Waals surface area contributed by atoms with Crippen LogP contribution in [0.3, 0.4) is 0 Å². The van der Waals surface area contributed by atoms with Gasteiger partial charge in [0.05, 0.1) is 0 Å². The second-order valence-corrected chi connectivity index (χ2v) is 7.43. The average Bonchev–Trinajstić information content (AvgIpc) is 2.45. The van der Waals surface area contributed by atoms with Gasteiger partial charge in [-0.05, 0) is 57.7 Å². The quantitative estimate of drug-likeness (QED) is 0.883. The van der Waals surface area contributed by atoms with E-state index in [1.165, 1.54) is 23.2 Å². The number of anilines is 1. The van der Waals surface area contributed by atoms with Gasteiger partial charge in [-0.15, -0.1) is 0 Å². The first-order valence-corrected chi connectivity index (χ1v) is 8.65. The fraction of sp³-hybridized carbons (Fsp3) is 0.632. The number of hydrogen-bond donors (Lipinski definition) is 1. The molecule has 0 radical (unpaired) electrons. The average molecular weight is 318 g/mol. The van der Waals surface area contributed by atoms with Crippen LogP contribution in [0.2, 0.25) is 0 Å². The molecule has 23 heavy (non-hydrogen) atoms. The molecular weight excluding hydrogens is 288 g/mol. The lowest BCUT2D eigenvalue weighted by atomic mass is 9.97. The molecule has 4 nitrogen and oxygen atoms in total. The summed E-state index contributed by atoms with van der Waals surface area (Å²) in [6.07, 6.45) is 2.99. The molecule has 1 N–H and O–H groups in total. The number of ether oxygens (including phenoxy) is 1. The number of nitrogens with zero attached hydrogens (tertiary/aromatic N) is 1. The standard InChI is InChI=1S/C19H30N2O2/c1-6-8-14(2)20-17-10-7-9-15-13-21(12-11-16(15)17)18(22)23-19(3,4)5/h7,9-10,14,20H,6,8,11-13H2,1-5H3. The summed E-state index contributed by atoms with van der Waals surface area (Å²) in [6, 6.07) is 6.80. The summed E-state index contributed by atoms with van der Waals surface area (Å²) < 4.78 is 5.49. The van der Waals surface area contributed by atoms with Gasteiger partial charge >= 0.3 is 6.09 Å². The Morgan fingerprint density at radius 1 is 1.39 bits per heavy atom. The summed E-state index contributed by atoms with van der Waals surface area (Å²) in [4.78, 5) is 14.1. The summed E-state index contributed by atoms with van der Waals surface area (Å²) >= 11 is 0. The van der Waals surface area contributed by atoms with Crippen molar-refractivity contribution in [2.24, 2.45) is 0 Å². The van der Waals surface area contributed by atoms with Gasteiger partial charge in [-0.25, -0.2) is 4.79 Å². The third-order valence-electron chi connectivity index (χ3n) is 4.04. The number of amides is 1. The zero-order chi connectivity index (χ0) is 17.0. The monoisotopic (exact) mass is 318 g/mol. The summed E-state index contributed by atoms with van der Waals surface area (Å²) in [5.41, 5.74) is 3.33.